The van der Waals surface area contributed by atoms with Crippen LogP contribution in [0.4, 0.5) is 0 Å². The van der Waals surface area contributed by atoms with Crippen molar-refractivity contribution in [2.24, 2.45) is 0 Å². The molecule has 2 heterocycles. The second-order valence-corrected chi connectivity index (χ2v) is 4.18. The van der Waals surface area contributed by atoms with Crippen molar-refractivity contribution in [1.29, 1.82) is 0 Å². The molecule has 2 rings (SSSR count). The van der Waals surface area contributed by atoms with Crippen LogP contribution in [-0.4, -0.2) is 20.6 Å². The lowest BCUT2D eigenvalue weighted by atomic mass is 10.3. The summed E-state index contributed by atoms with van der Waals surface area (Å²) in [6, 6.07) is 7.07. The third kappa shape index (κ3) is 2.65. The number of aromatic nitrogens is 2. The highest BCUT2D eigenvalue weighted by Crippen LogP contribution is 2.15. The molecule has 4 nitrogen and oxygen atoms in total. The monoisotopic (exact) mass is 250 g/mol. The first-order chi connectivity index (χ1) is 8.06. The summed E-state index contributed by atoms with van der Waals surface area (Å²) in [5.74, 6) is -0.996. The number of carboxylic acids is 1. The molecule has 0 atom stereocenters. The van der Waals surface area contributed by atoms with Crippen molar-refractivity contribution in [2.45, 2.75) is 13.5 Å². The van der Waals surface area contributed by atoms with Crippen LogP contribution in [0.25, 0.3) is 0 Å². The van der Waals surface area contributed by atoms with E-state index >= 15 is 0 Å². The summed E-state index contributed by atoms with van der Waals surface area (Å²) in [5, 5.41) is 9.42. The molecular weight excluding hydrogens is 240 g/mol. The molecule has 0 radical (unpaired) electrons. The fourth-order valence-corrected chi connectivity index (χ4v) is 1.87. The molecule has 1 N–H and O–H groups in total. The fraction of sp³-hybridized carbons (Fsp3) is 0.167. The Morgan fingerprint density at radius 2 is 2.29 bits per heavy atom. The van der Waals surface area contributed by atoms with Gasteiger partial charge >= 0.3 is 5.97 Å². The van der Waals surface area contributed by atoms with Crippen LogP contribution in [0.15, 0.2) is 30.5 Å². The Labute approximate surface area is 103 Å². The summed E-state index contributed by atoms with van der Waals surface area (Å²) < 4.78 is 1.58. The minimum absolute atomic E-state index is 0.165. The highest BCUT2D eigenvalue weighted by Gasteiger charge is 2.12. The van der Waals surface area contributed by atoms with E-state index in [9.17, 15) is 4.79 Å². The third-order valence-electron chi connectivity index (χ3n) is 2.36. The summed E-state index contributed by atoms with van der Waals surface area (Å²) in [6.45, 7) is 2.29. The van der Waals surface area contributed by atoms with E-state index in [1.807, 2.05) is 25.1 Å². The minimum Gasteiger partial charge on any atom is -0.477 e. The van der Waals surface area contributed by atoms with Crippen molar-refractivity contribution in [1.82, 2.24) is 9.55 Å². The first-order valence-corrected chi connectivity index (χ1v) is 5.45. The van der Waals surface area contributed by atoms with Crippen molar-refractivity contribution in [3.05, 3.63) is 52.6 Å². The molecule has 0 spiro atoms. The Kier molecular flexibility index (Phi) is 3.15. The lowest BCUT2D eigenvalue weighted by Crippen LogP contribution is -2.09. The number of aryl methyl sites for hydroxylation is 1. The summed E-state index contributed by atoms with van der Waals surface area (Å²) in [5.41, 5.74) is 1.87. The van der Waals surface area contributed by atoms with E-state index in [4.69, 9.17) is 16.7 Å². The molecule has 0 saturated heterocycles. The normalized spacial score (nSPS) is 10.5. The zero-order chi connectivity index (χ0) is 12.4. The average molecular weight is 251 g/mol. The second-order valence-electron chi connectivity index (χ2n) is 3.75. The molecule has 0 aliphatic heterocycles. The Morgan fingerprint density at radius 1 is 1.53 bits per heavy atom. The summed E-state index contributed by atoms with van der Waals surface area (Å²) >= 11 is 5.80. The number of pyridine rings is 1. The van der Waals surface area contributed by atoms with Gasteiger partial charge in [0.05, 0.1) is 17.3 Å². The molecule has 0 aliphatic rings. The maximum Gasteiger partial charge on any atom is 0.352 e. The van der Waals surface area contributed by atoms with Crippen molar-refractivity contribution >= 4 is 17.6 Å². The first-order valence-electron chi connectivity index (χ1n) is 5.08. The highest BCUT2D eigenvalue weighted by molar-refractivity contribution is 6.30. The van der Waals surface area contributed by atoms with Crippen molar-refractivity contribution < 1.29 is 9.90 Å². The van der Waals surface area contributed by atoms with Crippen molar-refractivity contribution in [3.8, 4) is 0 Å². The molecule has 88 valence electrons. The molecule has 0 aromatic carbocycles. The molecule has 0 saturated carbocycles. The SMILES string of the molecule is Cc1cccc(Cn2cc(Cl)cc2C(=O)O)n1. The van der Waals surface area contributed by atoms with Crippen molar-refractivity contribution in [2.75, 3.05) is 0 Å². The van der Waals surface area contributed by atoms with E-state index in [-0.39, 0.29) is 5.69 Å². The Morgan fingerprint density at radius 3 is 2.94 bits per heavy atom. The van der Waals surface area contributed by atoms with Crippen molar-refractivity contribution in [3.63, 3.8) is 0 Å². The van der Waals surface area contributed by atoms with E-state index in [0.717, 1.165) is 11.4 Å². The molecular formula is C12H11ClN2O2. The predicted molar refractivity (Wildman–Crippen MR) is 64.5 cm³/mol. The third-order valence-corrected chi connectivity index (χ3v) is 2.57. The van der Waals surface area contributed by atoms with Gasteiger partial charge in [-0.15, -0.1) is 0 Å². The van der Waals surface area contributed by atoms with Gasteiger partial charge in [0.25, 0.3) is 0 Å². The zero-order valence-corrected chi connectivity index (χ0v) is 9.98. The van der Waals surface area contributed by atoms with Gasteiger partial charge in [-0.3, -0.25) is 4.98 Å². The molecule has 5 heteroatoms. The quantitative estimate of drug-likeness (QED) is 0.911. The number of carbonyl (C=O) groups is 1. The van der Waals surface area contributed by atoms with Gasteiger partial charge in [-0.2, -0.15) is 0 Å². The Balaban J connectivity index is 2.32. The first kappa shape index (κ1) is 11.7. The number of rotatable bonds is 3. The van der Waals surface area contributed by atoms with Crippen LogP contribution in [0.2, 0.25) is 5.02 Å². The van der Waals surface area contributed by atoms with Crippen LogP contribution in [-0.2, 0) is 6.54 Å². The molecule has 0 amide bonds. The molecule has 17 heavy (non-hydrogen) atoms. The number of halogens is 1. The van der Waals surface area contributed by atoms with E-state index in [1.54, 1.807) is 10.8 Å². The molecule has 0 fully saturated rings. The molecule has 0 unspecified atom stereocenters. The van der Waals surface area contributed by atoms with Crippen LogP contribution in [0, 0.1) is 6.92 Å². The number of nitrogens with zero attached hydrogens (tertiary/aromatic N) is 2. The minimum atomic E-state index is -0.996. The van der Waals surface area contributed by atoms with Gasteiger partial charge < -0.3 is 9.67 Å². The lowest BCUT2D eigenvalue weighted by molar-refractivity contribution is 0.0685. The number of aromatic carboxylic acids is 1. The standard InChI is InChI=1S/C12H11ClN2O2/c1-8-3-2-4-10(14-8)7-15-6-9(13)5-11(15)12(16)17/h2-6H,7H2,1H3,(H,16,17). The van der Waals surface area contributed by atoms with E-state index in [1.165, 1.54) is 6.07 Å². The van der Waals surface area contributed by atoms with E-state index in [0.29, 0.717) is 11.6 Å². The smallest absolute Gasteiger partial charge is 0.352 e. The van der Waals surface area contributed by atoms with Gasteiger partial charge in [-0.25, -0.2) is 4.79 Å². The number of hydrogen-bond acceptors (Lipinski definition) is 2. The molecule has 2 aromatic rings. The van der Waals surface area contributed by atoms with Gasteiger partial charge in [0.2, 0.25) is 0 Å². The molecule has 0 aliphatic carbocycles. The van der Waals surface area contributed by atoms with Gasteiger partial charge in [0.15, 0.2) is 0 Å². The second kappa shape index (κ2) is 4.59. The molecule has 0 bridgehead atoms. The zero-order valence-electron chi connectivity index (χ0n) is 9.22. The van der Waals surface area contributed by atoms with Gasteiger partial charge in [0, 0.05) is 11.9 Å². The maximum absolute atomic E-state index is 11.0. The van der Waals surface area contributed by atoms with Gasteiger partial charge in [-0.1, -0.05) is 17.7 Å². The summed E-state index contributed by atoms with van der Waals surface area (Å²) in [4.78, 5) is 15.3. The number of hydrogen-bond donors (Lipinski definition) is 1. The van der Waals surface area contributed by atoms with Crippen LogP contribution in [0.5, 0.6) is 0 Å². The topological polar surface area (TPSA) is 55.1 Å². The van der Waals surface area contributed by atoms with Gasteiger partial charge in [0.1, 0.15) is 5.69 Å². The predicted octanol–water partition coefficient (Wildman–Crippen LogP) is 2.59. The molecule has 2 aromatic heterocycles. The Bertz CT molecular complexity index is 563. The number of carboxylic acid groups (broad SMARTS) is 1. The van der Waals surface area contributed by atoms with E-state index < -0.39 is 5.97 Å². The lowest BCUT2D eigenvalue weighted by Gasteiger charge is -2.06. The van der Waals surface area contributed by atoms with Crippen LogP contribution < -0.4 is 0 Å². The Hall–Kier alpha value is -1.81. The van der Waals surface area contributed by atoms with E-state index in [2.05, 4.69) is 4.98 Å². The average Bonchev–Trinajstić information content (AvgIpc) is 2.59. The van der Waals surface area contributed by atoms with Gasteiger partial charge in [-0.05, 0) is 25.1 Å². The summed E-state index contributed by atoms with van der Waals surface area (Å²) in [7, 11) is 0. The van der Waals surface area contributed by atoms with Crippen LogP contribution >= 0.6 is 11.6 Å². The maximum atomic E-state index is 11.0. The van der Waals surface area contributed by atoms with Crippen LogP contribution in [0.1, 0.15) is 21.9 Å². The van der Waals surface area contributed by atoms with Crippen LogP contribution in [0.3, 0.4) is 0 Å². The fourth-order valence-electron chi connectivity index (χ4n) is 1.65. The highest BCUT2D eigenvalue weighted by atomic mass is 35.5. The summed E-state index contributed by atoms with van der Waals surface area (Å²) in [6.07, 6.45) is 1.59. The largest absolute Gasteiger partial charge is 0.477 e.